The van der Waals surface area contributed by atoms with Crippen LogP contribution in [0.4, 0.5) is 0 Å². The summed E-state index contributed by atoms with van der Waals surface area (Å²) in [6.07, 6.45) is 4.89. The van der Waals surface area contributed by atoms with Crippen LogP contribution in [-0.2, 0) is 24.0 Å². The van der Waals surface area contributed by atoms with Crippen molar-refractivity contribution in [3.8, 4) is 0 Å². The van der Waals surface area contributed by atoms with Gasteiger partial charge in [0, 0.05) is 19.1 Å². The topological polar surface area (TPSA) is 38.5 Å². The highest BCUT2D eigenvalue weighted by Crippen LogP contribution is 2.23. The fourth-order valence-electron chi connectivity index (χ4n) is 3.23. The van der Waals surface area contributed by atoms with Crippen LogP contribution in [0.1, 0.15) is 23.1 Å². The van der Waals surface area contributed by atoms with Crippen molar-refractivity contribution in [1.29, 1.82) is 0 Å². The van der Waals surface area contributed by atoms with Crippen LogP contribution >= 0.6 is 0 Å². The normalized spacial score (nSPS) is 25.3. The molecule has 104 valence electrons. The fraction of sp³-hybridized carbons (Fsp3) is 0.625. The molecule has 0 aromatic heterocycles. The molecular formula is C16H24N2O. The number of ether oxygens (including phenoxy) is 1. The Bertz CT molecular complexity index is 446. The summed E-state index contributed by atoms with van der Waals surface area (Å²) in [4.78, 5) is 2.30. The van der Waals surface area contributed by atoms with Gasteiger partial charge in [-0.05, 0) is 49.4 Å². The zero-order valence-corrected chi connectivity index (χ0v) is 11.8. The number of likely N-dealkylation sites (N-methyl/N-ethyl adjacent to an activating group) is 1. The zero-order chi connectivity index (χ0) is 13.2. The maximum absolute atomic E-state index is 6.34. The second-order valence-electron chi connectivity index (χ2n) is 6.00. The molecule has 1 aromatic rings. The number of nitrogens with zero attached hydrogens (tertiary/aromatic N) is 1. The molecule has 1 heterocycles. The van der Waals surface area contributed by atoms with E-state index in [1.54, 1.807) is 0 Å². The highest BCUT2D eigenvalue weighted by molar-refractivity contribution is 5.35. The van der Waals surface area contributed by atoms with Gasteiger partial charge in [-0.3, -0.25) is 0 Å². The van der Waals surface area contributed by atoms with Gasteiger partial charge in [0.2, 0.25) is 0 Å². The Balaban J connectivity index is 1.64. The molecule has 2 atom stereocenters. The Kier molecular flexibility index (Phi) is 3.87. The van der Waals surface area contributed by atoms with Gasteiger partial charge in [0.1, 0.15) is 0 Å². The van der Waals surface area contributed by atoms with E-state index in [0.717, 1.165) is 26.1 Å². The van der Waals surface area contributed by atoms with Crippen LogP contribution in [0.3, 0.4) is 0 Å². The monoisotopic (exact) mass is 260 g/mol. The van der Waals surface area contributed by atoms with Gasteiger partial charge in [0.05, 0.1) is 12.7 Å². The molecule has 2 aliphatic rings. The van der Waals surface area contributed by atoms with Crippen LogP contribution in [0.15, 0.2) is 18.2 Å². The van der Waals surface area contributed by atoms with E-state index in [9.17, 15) is 0 Å². The average molecular weight is 260 g/mol. The van der Waals surface area contributed by atoms with E-state index in [0.29, 0.717) is 0 Å². The Labute approximate surface area is 115 Å². The Morgan fingerprint density at radius 2 is 2.21 bits per heavy atom. The molecule has 1 aromatic carbocycles. The first-order valence-electron chi connectivity index (χ1n) is 7.39. The number of benzene rings is 1. The lowest BCUT2D eigenvalue weighted by molar-refractivity contribution is -0.0319. The van der Waals surface area contributed by atoms with Crippen LogP contribution in [0.5, 0.6) is 0 Å². The SMILES string of the molecule is CN1CCOC(C(N)Cc2ccc3c(c2)CCC3)C1. The molecule has 1 saturated heterocycles. The summed E-state index contributed by atoms with van der Waals surface area (Å²) >= 11 is 0. The highest BCUT2D eigenvalue weighted by Gasteiger charge is 2.24. The second-order valence-corrected chi connectivity index (χ2v) is 6.00. The molecule has 1 fully saturated rings. The molecule has 3 heteroatoms. The molecule has 2 unspecified atom stereocenters. The van der Waals surface area contributed by atoms with Gasteiger partial charge in [-0.2, -0.15) is 0 Å². The van der Waals surface area contributed by atoms with E-state index in [4.69, 9.17) is 10.5 Å². The summed E-state index contributed by atoms with van der Waals surface area (Å²) in [6, 6.07) is 6.99. The predicted molar refractivity (Wildman–Crippen MR) is 77.4 cm³/mol. The molecule has 0 spiro atoms. The molecule has 3 nitrogen and oxygen atoms in total. The van der Waals surface area contributed by atoms with Gasteiger partial charge in [-0.25, -0.2) is 0 Å². The Morgan fingerprint density at radius 3 is 3.05 bits per heavy atom. The van der Waals surface area contributed by atoms with E-state index in [2.05, 4.69) is 30.1 Å². The lowest BCUT2D eigenvalue weighted by Gasteiger charge is -2.33. The standard InChI is InChI=1S/C16H24N2O/c1-18-7-8-19-16(11-18)15(17)10-12-5-6-13-3-2-4-14(13)9-12/h5-6,9,15-16H,2-4,7-8,10-11,17H2,1H3. The molecule has 0 bridgehead atoms. The molecule has 1 aliphatic carbocycles. The zero-order valence-electron chi connectivity index (χ0n) is 11.8. The molecular weight excluding hydrogens is 236 g/mol. The smallest absolute Gasteiger partial charge is 0.0856 e. The predicted octanol–water partition coefficient (Wildman–Crippen LogP) is 1.38. The van der Waals surface area contributed by atoms with Gasteiger partial charge in [-0.1, -0.05) is 18.2 Å². The third kappa shape index (κ3) is 2.99. The van der Waals surface area contributed by atoms with Crippen molar-refractivity contribution in [3.63, 3.8) is 0 Å². The van der Waals surface area contributed by atoms with Gasteiger partial charge in [-0.15, -0.1) is 0 Å². The van der Waals surface area contributed by atoms with Gasteiger partial charge < -0.3 is 15.4 Å². The van der Waals surface area contributed by atoms with Crippen molar-refractivity contribution in [1.82, 2.24) is 4.90 Å². The van der Waals surface area contributed by atoms with Crippen LogP contribution < -0.4 is 5.73 Å². The van der Waals surface area contributed by atoms with E-state index in [1.807, 2.05) is 0 Å². The third-order valence-electron chi connectivity index (χ3n) is 4.41. The third-order valence-corrected chi connectivity index (χ3v) is 4.41. The average Bonchev–Trinajstić information content (AvgIpc) is 2.86. The van der Waals surface area contributed by atoms with Crippen LogP contribution in [0.25, 0.3) is 0 Å². The first kappa shape index (κ1) is 13.1. The van der Waals surface area contributed by atoms with Gasteiger partial charge in [0.15, 0.2) is 0 Å². The minimum atomic E-state index is 0.0993. The maximum Gasteiger partial charge on any atom is 0.0856 e. The van der Waals surface area contributed by atoms with Crippen LogP contribution in [-0.4, -0.2) is 43.8 Å². The van der Waals surface area contributed by atoms with Crippen LogP contribution in [0.2, 0.25) is 0 Å². The number of rotatable bonds is 3. The summed E-state index contributed by atoms with van der Waals surface area (Å²) in [5.74, 6) is 0. The summed E-state index contributed by atoms with van der Waals surface area (Å²) in [6.45, 7) is 2.77. The van der Waals surface area contributed by atoms with E-state index >= 15 is 0 Å². The molecule has 0 radical (unpaired) electrons. The number of fused-ring (bicyclic) bond motifs is 1. The molecule has 0 saturated carbocycles. The quantitative estimate of drug-likeness (QED) is 0.892. The van der Waals surface area contributed by atoms with Crippen molar-refractivity contribution in [2.24, 2.45) is 5.73 Å². The molecule has 0 amide bonds. The molecule has 1 aliphatic heterocycles. The fourth-order valence-corrected chi connectivity index (χ4v) is 3.23. The van der Waals surface area contributed by atoms with Crippen molar-refractivity contribution in [3.05, 3.63) is 34.9 Å². The van der Waals surface area contributed by atoms with Crippen molar-refractivity contribution in [2.45, 2.75) is 37.8 Å². The molecule has 3 rings (SSSR count). The Hall–Kier alpha value is -0.900. The Morgan fingerprint density at radius 1 is 1.37 bits per heavy atom. The van der Waals surface area contributed by atoms with E-state index in [-0.39, 0.29) is 12.1 Å². The van der Waals surface area contributed by atoms with Crippen molar-refractivity contribution < 1.29 is 4.74 Å². The number of morpholine rings is 1. The first-order chi connectivity index (χ1) is 9.22. The summed E-state index contributed by atoms with van der Waals surface area (Å²) in [5.41, 5.74) is 10.8. The molecule has 2 N–H and O–H groups in total. The number of aryl methyl sites for hydroxylation is 2. The summed E-state index contributed by atoms with van der Waals surface area (Å²) in [7, 11) is 2.14. The lowest BCUT2D eigenvalue weighted by Crippen LogP contribution is -2.50. The lowest BCUT2D eigenvalue weighted by atomic mass is 9.98. The van der Waals surface area contributed by atoms with Crippen LogP contribution in [0, 0.1) is 0 Å². The van der Waals surface area contributed by atoms with Gasteiger partial charge in [0.25, 0.3) is 0 Å². The van der Waals surface area contributed by atoms with E-state index < -0.39 is 0 Å². The maximum atomic E-state index is 6.34. The number of nitrogens with two attached hydrogens (primary N) is 1. The van der Waals surface area contributed by atoms with Crippen molar-refractivity contribution in [2.75, 3.05) is 26.7 Å². The highest BCUT2D eigenvalue weighted by atomic mass is 16.5. The summed E-state index contributed by atoms with van der Waals surface area (Å²) < 4.78 is 5.81. The van der Waals surface area contributed by atoms with E-state index in [1.165, 1.54) is 36.0 Å². The minimum absolute atomic E-state index is 0.0993. The second kappa shape index (κ2) is 5.61. The first-order valence-corrected chi connectivity index (χ1v) is 7.39. The minimum Gasteiger partial charge on any atom is -0.374 e. The summed E-state index contributed by atoms with van der Waals surface area (Å²) in [5, 5.41) is 0. The van der Waals surface area contributed by atoms with Crippen molar-refractivity contribution >= 4 is 0 Å². The number of hydrogen-bond acceptors (Lipinski definition) is 3. The molecule has 19 heavy (non-hydrogen) atoms. The largest absolute Gasteiger partial charge is 0.374 e. The number of hydrogen-bond donors (Lipinski definition) is 1. The van der Waals surface area contributed by atoms with Gasteiger partial charge >= 0.3 is 0 Å².